The third kappa shape index (κ3) is 4.34. The molecule has 0 amide bonds. The number of unbranched alkanes of at least 4 members (excludes halogenated alkanes) is 1. The topological polar surface area (TPSA) is 21.3 Å². The van der Waals surface area contributed by atoms with Crippen LogP contribution in [0.25, 0.3) is 0 Å². The molecule has 1 fully saturated rings. The molecule has 0 aromatic rings. The standard InChI is InChI=1S/C10H21NOS/c1-9-10(5-7-12-9)13-8-4-3-6-11-2/h9-11H,3-8H2,1-2H3. The second-order valence-electron chi connectivity index (χ2n) is 3.58. The zero-order valence-corrected chi connectivity index (χ0v) is 9.53. The molecule has 2 unspecified atom stereocenters. The number of rotatable bonds is 6. The zero-order valence-electron chi connectivity index (χ0n) is 8.71. The van der Waals surface area contributed by atoms with E-state index in [4.69, 9.17) is 4.74 Å². The molecule has 78 valence electrons. The fraction of sp³-hybridized carbons (Fsp3) is 1.00. The number of thioether (sulfide) groups is 1. The lowest BCUT2D eigenvalue weighted by Gasteiger charge is -2.12. The van der Waals surface area contributed by atoms with Gasteiger partial charge in [0.25, 0.3) is 0 Å². The van der Waals surface area contributed by atoms with Gasteiger partial charge in [-0.15, -0.1) is 0 Å². The monoisotopic (exact) mass is 203 g/mol. The minimum Gasteiger partial charge on any atom is -0.377 e. The molecule has 13 heavy (non-hydrogen) atoms. The average molecular weight is 203 g/mol. The van der Waals surface area contributed by atoms with Crippen molar-refractivity contribution in [2.24, 2.45) is 0 Å². The van der Waals surface area contributed by atoms with E-state index < -0.39 is 0 Å². The molecule has 0 bridgehead atoms. The van der Waals surface area contributed by atoms with Crippen LogP contribution in [-0.2, 0) is 4.74 Å². The fourth-order valence-corrected chi connectivity index (χ4v) is 2.86. The Balaban J connectivity index is 1.93. The third-order valence-corrected chi connectivity index (χ3v) is 4.03. The summed E-state index contributed by atoms with van der Waals surface area (Å²) in [7, 11) is 2.01. The molecule has 2 atom stereocenters. The Morgan fingerprint density at radius 3 is 2.92 bits per heavy atom. The Labute approximate surface area is 85.8 Å². The van der Waals surface area contributed by atoms with Gasteiger partial charge in [0.1, 0.15) is 0 Å². The first-order chi connectivity index (χ1) is 6.34. The van der Waals surface area contributed by atoms with Gasteiger partial charge in [-0.1, -0.05) is 0 Å². The summed E-state index contributed by atoms with van der Waals surface area (Å²) in [5, 5.41) is 3.93. The van der Waals surface area contributed by atoms with Crippen molar-refractivity contribution >= 4 is 11.8 Å². The predicted octanol–water partition coefficient (Wildman–Crippen LogP) is 1.90. The molecule has 3 heteroatoms. The van der Waals surface area contributed by atoms with Crippen LogP contribution in [0.3, 0.4) is 0 Å². The van der Waals surface area contributed by atoms with E-state index in [1.807, 2.05) is 7.05 Å². The van der Waals surface area contributed by atoms with Crippen LogP contribution < -0.4 is 5.32 Å². The van der Waals surface area contributed by atoms with Gasteiger partial charge in [0.2, 0.25) is 0 Å². The second-order valence-corrected chi connectivity index (χ2v) is 4.93. The highest BCUT2D eigenvalue weighted by molar-refractivity contribution is 7.99. The highest BCUT2D eigenvalue weighted by Crippen LogP contribution is 2.26. The summed E-state index contributed by atoms with van der Waals surface area (Å²) in [5.74, 6) is 1.29. The normalized spacial score (nSPS) is 28.2. The second kappa shape index (κ2) is 6.68. The van der Waals surface area contributed by atoms with Crippen molar-refractivity contribution in [2.45, 2.75) is 37.5 Å². The average Bonchev–Trinajstić information content (AvgIpc) is 2.52. The maximum Gasteiger partial charge on any atom is 0.0666 e. The minimum atomic E-state index is 0.481. The summed E-state index contributed by atoms with van der Waals surface area (Å²) in [6.07, 6.45) is 4.35. The van der Waals surface area contributed by atoms with Gasteiger partial charge < -0.3 is 10.1 Å². The molecule has 1 saturated heterocycles. The lowest BCUT2D eigenvalue weighted by Crippen LogP contribution is -2.14. The number of nitrogens with one attached hydrogen (secondary N) is 1. The van der Waals surface area contributed by atoms with Crippen molar-refractivity contribution in [3.8, 4) is 0 Å². The SMILES string of the molecule is CNCCCCSC1CCOC1C. The van der Waals surface area contributed by atoms with E-state index in [1.54, 1.807) is 0 Å². The zero-order chi connectivity index (χ0) is 9.52. The Morgan fingerprint density at radius 1 is 1.46 bits per heavy atom. The van der Waals surface area contributed by atoms with Crippen LogP contribution in [0.1, 0.15) is 26.2 Å². The van der Waals surface area contributed by atoms with E-state index in [1.165, 1.54) is 25.0 Å². The molecular weight excluding hydrogens is 182 g/mol. The number of ether oxygens (including phenoxy) is 1. The van der Waals surface area contributed by atoms with E-state index in [-0.39, 0.29) is 0 Å². The van der Waals surface area contributed by atoms with E-state index in [0.717, 1.165) is 18.4 Å². The van der Waals surface area contributed by atoms with Crippen molar-refractivity contribution in [3.05, 3.63) is 0 Å². The van der Waals surface area contributed by atoms with E-state index in [9.17, 15) is 0 Å². The van der Waals surface area contributed by atoms with Gasteiger partial charge in [-0.05, 0) is 45.5 Å². The highest BCUT2D eigenvalue weighted by Gasteiger charge is 2.23. The van der Waals surface area contributed by atoms with Crippen molar-refractivity contribution in [3.63, 3.8) is 0 Å². The number of hydrogen-bond donors (Lipinski definition) is 1. The predicted molar refractivity (Wildman–Crippen MR) is 59.4 cm³/mol. The summed E-state index contributed by atoms with van der Waals surface area (Å²) in [6.45, 7) is 4.31. The maximum atomic E-state index is 5.51. The van der Waals surface area contributed by atoms with Gasteiger partial charge in [-0.3, -0.25) is 0 Å². The van der Waals surface area contributed by atoms with Crippen molar-refractivity contribution in [1.82, 2.24) is 5.32 Å². The first-order valence-corrected chi connectivity index (χ1v) is 6.27. The van der Waals surface area contributed by atoms with Crippen LogP contribution >= 0.6 is 11.8 Å². The molecule has 1 heterocycles. The lowest BCUT2D eigenvalue weighted by molar-refractivity contribution is 0.127. The number of hydrogen-bond acceptors (Lipinski definition) is 3. The lowest BCUT2D eigenvalue weighted by atomic mass is 10.3. The summed E-state index contributed by atoms with van der Waals surface area (Å²) in [4.78, 5) is 0. The molecule has 1 N–H and O–H groups in total. The van der Waals surface area contributed by atoms with E-state index >= 15 is 0 Å². The summed E-state index contributed by atoms with van der Waals surface area (Å²) >= 11 is 2.09. The van der Waals surface area contributed by atoms with Crippen LogP contribution in [0.15, 0.2) is 0 Å². The maximum absolute atomic E-state index is 5.51. The van der Waals surface area contributed by atoms with Crippen LogP contribution in [-0.4, -0.2) is 37.3 Å². The summed E-state index contributed by atoms with van der Waals surface area (Å²) in [6, 6.07) is 0. The molecule has 0 spiro atoms. The van der Waals surface area contributed by atoms with Crippen LogP contribution in [0, 0.1) is 0 Å². The van der Waals surface area contributed by atoms with Crippen molar-refractivity contribution < 1.29 is 4.74 Å². The van der Waals surface area contributed by atoms with Gasteiger partial charge in [0.15, 0.2) is 0 Å². The Kier molecular flexibility index (Phi) is 5.83. The van der Waals surface area contributed by atoms with Gasteiger partial charge >= 0.3 is 0 Å². The minimum absolute atomic E-state index is 0.481. The van der Waals surface area contributed by atoms with Crippen LogP contribution in [0.4, 0.5) is 0 Å². The molecule has 1 aliphatic rings. The molecule has 1 rings (SSSR count). The summed E-state index contributed by atoms with van der Waals surface area (Å²) in [5.41, 5.74) is 0. The van der Waals surface area contributed by atoms with Crippen LogP contribution in [0.5, 0.6) is 0 Å². The molecule has 1 aliphatic heterocycles. The molecule has 0 aliphatic carbocycles. The van der Waals surface area contributed by atoms with Gasteiger partial charge in [0, 0.05) is 11.9 Å². The summed E-state index contributed by atoms with van der Waals surface area (Å²) < 4.78 is 5.51. The third-order valence-electron chi connectivity index (χ3n) is 2.46. The highest BCUT2D eigenvalue weighted by atomic mass is 32.2. The molecule has 2 nitrogen and oxygen atoms in total. The van der Waals surface area contributed by atoms with Crippen molar-refractivity contribution in [1.29, 1.82) is 0 Å². The van der Waals surface area contributed by atoms with Gasteiger partial charge in [0.05, 0.1) is 6.10 Å². The Hall–Kier alpha value is 0.270. The van der Waals surface area contributed by atoms with E-state index in [0.29, 0.717) is 6.10 Å². The smallest absolute Gasteiger partial charge is 0.0666 e. The largest absolute Gasteiger partial charge is 0.377 e. The van der Waals surface area contributed by atoms with Gasteiger partial charge in [-0.25, -0.2) is 0 Å². The first-order valence-electron chi connectivity index (χ1n) is 5.22. The van der Waals surface area contributed by atoms with Crippen molar-refractivity contribution in [2.75, 3.05) is 26.0 Å². The molecular formula is C10H21NOS. The Morgan fingerprint density at radius 2 is 2.31 bits per heavy atom. The Bertz CT molecular complexity index is 132. The molecule has 0 aromatic heterocycles. The molecule has 0 saturated carbocycles. The van der Waals surface area contributed by atoms with E-state index in [2.05, 4.69) is 24.0 Å². The van der Waals surface area contributed by atoms with Crippen LogP contribution in [0.2, 0.25) is 0 Å². The quantitative estimate of drug-likeness (QED) is 0.666. The molecule has 0 radical (unpaired) electrons. The van der Waals surface area contributed by atoms with Gasteiger partial charge in [-0.2, -0.15) is 11.8 Å². The fourth-order valence-electron chi connectivity index (χ4n) is 1.57. The molecule has 0 aromatic carbocycles. The first kappa shape index (κ1) is 11.3.